The van der Waals surface area contributed by atoms with Crippen molar-refractivity contribution in [2.24, 2.45) is 0 Å². The molecule has 0 amide bonds. The molecule has 0 N–H and O–H groups in total. The van der Waals surface area contributed by atoms with Gasteiger partial charge in [-0.25, -0.2) is 0 Å². The van der Waals surface area contributed by atoms with Crippen LogP contribution in [0.25, 0.3) is 55.3 Å². The molecule has 1 aliphatic rings. The predicted octanol–water partition coefficient (Wildman–Crippen LogP) is 9.51. The van der Waals surface area contributed by atoms with E-state index in [9.17, 15) is 0 Å². The van der Waals surface area contributed by atoms with Crippen molar-refractivity contribution in [1.82, 2.24) is 9.13 Å². The number of rotatable bonds is 2. The molecule has 0 atom stereocenters. The molecule has 1 aliphatic heterocycles. The summed E-state index contributed by atoms with van der Waals surface area (Å²) in [5, 5.41) is 4.61. The first-order valence-electron chi connectivity index (χ1n) is 12.0. The van der Waals surface area contributed by atoms with Crippen LogP contribution in [0, 0.1) is 0 Å². The smallest absolute Gasteiger partial charge is 0.131 e. The molecule has 0 unspecified atom stereocenters. The Hall–Kier alpha value is -3.92. The molecule has 0 spiro atoms. The Kier molecular flexibility index (Phi) is 4.25. The number of para-hydroxylation sites is 3. The van der Waals surface area contributed by atoms with Gasteiger partial charge in [-0.3, -0.25) is 9.13 Å². The van der Waals surface area contributed by atoms with Gasteiger partial charge in [0.15, 0.2) is 0 Å². The molecule has 0 fully saturated rings. The van der Waals surface area contributed by atoms with E-state index in [4.69, 9.17) is 11.6 Å². The van der Waals surface area contributed by atoms with Gasteiger partial charge in [0.05, 0.1) is 16.7 Å². The maximum absolute atomic E-state index is 6.35. The summed E-state index contributed by atoms with van der Waals surface area (Å²) in [5.74, 6) is 0. The van der Waals surface area contributed by atoms with Crippen LogP contribution in [-0.4, -0.2) is 9.13 Å². The lowest BCUT2D eigenvalue weighted by molar-refractivity contribution is 1.03. The minimum absolute atomic E-state index is 0.750. The summed E-state index contributed by atoms with van der Waals surface area (Å²) in [5.41, 5.74) is 8.35. The Bertz CT molecular complexity index is 1980. The normalized spacial score (nSPS) is 12.5. The fraction of sp³-hybridized carbons (Fsp3) is 0. The molecule has 0 saturated heterocycles. The molecule has 8 rings (SSSR count). The number of benzene rings is 5. The molecular formula is C32H19ClN2S. The topological polar surface area (TPSA) is 9.86 Å². The van der Waals surface area contributed by atoms with E-state index in [1.807, 2.05) is 30.0 Å². The standard InChI is InChI=1S/C32H19ClN2S/c33-22-9-6-8-20(18-22)21-16-17-28-27(19-21)35-31-25(13-7-15-29(31)36-28)30-24-12-4-5-14-26(24)34(32(30)35)23-10-2-1-3-11-23/h1-19H. The second-order valence-corrected chi connectivity index (χ2v) is 10.7. The summed E-state index contributed by atoms with van der Waals surface area (Å²) < 4.78 is 4.90. The first-order valence-corrected chi connectivity index (χ1v) is 13.2. The zero-order valence-corrected chi connectivity index (χ0v) is 20.7. The summed E-state index contributed by atoms with van der Waals surface area (Å²) in [4.78, 5) is 2.54. The number of hydrogen-bond acceptors (Lipinski definition) is 1. The third-order valence-electron chi connectivity index (χ3n) is 7.15. The second kappa shape index (κ2) is 7.54. The van der Waals surface area contributed by atoms with E-state index in [2.05, 4.69) is 106 Å². The van der Waals surface area contributed by atoms with Gasteiger partial charge in [0, 0.05) is 36.7 Å². The molecular weight excluding hydrogens is 480 g/mol. The number of aromatic nitrogens is 2. The largest absolute Gasteiger partial charge is 0.295 e. The highest BCUT2D eigenvalue weighted by Gasteiger charge is 2.27. The van der Waals surface area contributed by atoms with Crippen molar-refractivity contribution in [2.75, 3.05) is 0 Å². The van der Waals surface area contributed by atoms with Crippen LogP contribution in [0.15, 0.2) is 125 Å². The lowest BCUT2D eigenvalue weighted by atomic mass is 10.0. The summed E-state index contributed by atoms with van der Waals surface area (Å²) in [6.07, 6.45) is 0. The van der Waals surface area contributed by atoms with Crippen LogP contribution in [0.3, 0.4) is 0 Å². The highest BCUT2D eigenvalue weighted by Crippen LogP contribution is 2.50. The number of hydrogen-bond donors (Lipinski definition) is 0. The van der Waals surface area contributed by atoms with Crippen molar-refractivity contribution in [3.8, 4) is 22.5 Å². The number of halogens is 1. The molecule has 170 valence electrons. The molecule has 36 heavy (non-hydrogen) atoms. The lowest BCUT2D eigenvalue weighted by Gasteiger charge is -2.22. The summed E-state index contributed by atoms with van der Waals surface area (Å²) >= 11 is 8.20. The Morgan fingerprint density at radius 1 is 0.583 bits per heavy atom. The van der Waals surface area contributed by atoms with Crippen LogP contribution < -0.4 is 0 Å². The Morgan fingerprint density at radius 3 is 2.25 bits per heavy atom. The highest BCUT2D eigenvalue weighted by atomic mass is 35.5. The third kappa shape index (κ3) is 2.76. The van der Waals surface area contributed by atoms with Crippen LogP contribution in [0.2, 0.25) is 5.02 Å². The summed E-state index contributed by atoms with van der Waals surface area (Å²) in [6, 6.07) is 41.0. The van der Waals surface area contributed by atoms with Gasteiger partial charge >= 0.3 is 0 Å². The van der Waals surface area contributed by atoms with Crippen molar-refractivity contribution in [3.63, 3.8) is 0 Å². The molecule has 0 radical (unpaired) electrons. The van der Waals surface area contributed by atoms with Crippen molar-refractivity contribution in [2.45, 2.75) is 9.79 Å². The quantitative estimate of drug-likeness (QED) is 0.230. The van der Waals surface area contributed by atoms with Gasteiger partial charge < -0.3 is 0 Å². The number of nitrogens with zero attached hydrogens (tertiary/aromatic N) is 2. The fourth-order valence-corrected chi connectivity index (χ4v) is 6.93. The van der Waals surface area contributed by atoms with Gasteiger partial charge in [-0.1, -0.05) is 90.1 Å². The van der Waals surface area contributed by atoms with Crippen LogP contribution in [0.5, 0.6) is 0 Å². The first-order chi connectivity index (χ1) is 17.8. The molecule has 2 nitrogen and oxygen atoms in total. The minimum atomic E-state index is 0.750. The van der Waals surface area contributed by atoms with E-state index in [0.29, 0.717) is 0 Å². The lowest BCUT2D eigenvalue weighted by Crippen LogP contribution is -2.06. The van der Waals surface area contributed by atoms with E-state index in [-0.39, 0.29) is 0 Å². The molecule has 7 aromatic rings. The van der Waals surface area contributed by atoms with Crippen molar-refractivity contribution >= 4 is 56.2 Å². The molecule has 0 aliphatic carbocycles. The van der Waals surface area contributed by atoms with Gasteiger partial charge in [0.2, 0.25) is 0 Å². The van der Waals surface area contributed by atoms with Crippen molar-refractivity contribution in [1.29, 1.82) is 0 Å². The SMILES string of the molecule is Clc1cccc(-c2ccc3c(c2)-n2c4c(cccc4c4c5ccccc5n(-c5ccccc5)c42)S3)c1. The third-order valence-corrected chi connectivity index (χ3v) is 8.50. The molecule has 0 bridgehead atoms. The van der Waals surface area contributed by atoms with E-state index in [0.717, 1.165) is 21.8 Å². The van der Waals surface area contributed by atoms with Gasteiger partial charge in [-0.15, -0.1) is 0 Å². The molecule has 2 aromatic heterocycles. The Morgan fingerprint density at radius 2 is 1.36 bits per heavy atom. The van der Waals surface area contributed by atoms with Gasteiger partial charge in [0.25, 0.3) is 0 Å². The van der Waals surface area contributed by atoms with Crippen molar-refractivity contribution in [3.05, 3.63) is 120 Å². The van der Waals surface area contributed by atoms with E-state index in [1.165, 1.54) is 48.3 Å². The first kappa shape index (κ1) is 20.3. The maximum atomic E-state index is 6.35. The Balaban J connectivity index is 1.56. The summed E-state index contributed by atoms with van der Waals surface area (Å²) in [6.45, 7) is 0. The molecule has 0 saturated carbocycles. The molecule has 4 heteroatoms. The predicted molar refractivity (Wildman–Crippen MR) is 152 cm³/mol. The zero-order chi connectivity index (χ0) is 23.8. The van der Waals surface area contributed by atoms with E-state index >= 15 is 0 Å². The maximum Gasteiger partial charge on any atom is 0.131 e. The molecule has 5 aromatic carbocycles. The van der Waals surface area contributed by atoms with Crippen LogP contribution in [-0.2, 0) is 0 Å². The van der Waals surface area contributed by atoms with Crippen LogP contribution >= 0.6 is 23.4 Å². The Labute approximate surface area is 217 Å². The van der Waals surface area contributed by atoms with Gasteiger partial charge in [-0.2, -0.15) is 0 Å². The monoisotopic (exact) mass is 498 g/mol. The average Bonchev–Trinajstić information content (AvgIpc) is 3.44. The summed E-state index contributed by atoms with van der Waals surface area (Å²) in [7, 11) is 0. The van der Waals surface area contributed by atoms with Crippen LogP contribution in [0.1, 0.15) is 0 Å². The van der Waals surface area contributed by atoms with E-state index in [1.54, 1.807) is 0 Å². The molecule has 3 heterocycles. The van der Waals surface area contributed by atoms with Gasteiger partial charge in [-0.05, 0) is 59.7 Å². The van der Waals surface area contributed by atoms with Crippen molar-refractivity contribution < 1.29 is 0 Å². The van der Waals surface area contributed by atoms with E-state index < -0.39 is 0 Å². The van der Waals surface area contributed by atoms with Crippen LogP contribution in [0.4, 0.5) is 0 Å². The average molecular weight is 499 g/mol. The minimum Gasteiger partial charge on any atom is -0.295 e. The highest BCUT2D eigenvalue weighted by molar-refractivity contribution is 7.99. The fourth-order valence-electron chi connectivity index (χ4n) is 5.66. The number of fused-ring (bicyclic) bond motifs is 7. The second-order valence-electron chi connectivity index (χ2n) is 9.17. The van der Waals surface area contributed by atoms with Gasteiger partial charge in [0.1, 0.15) is 5.65 Å². The zero-order valence-electron chi connectivity index (χ0n) is 19.2.